The van der Waals surface area contributed by atoms with E-state index < -0.39 is 0 Å². The molecule has 1 aromatic rings. The van der Waals surface area contributed by atoms with Crippen molar-refractivity contribution in [2.75, 3.05) is 6.61 Å². The summed E-state index contributed by atoms with van der Waals surface area (Å²) in [7, 11) is 0. The third kappa shape index (κ3) is 3.55. The number of thiazole rings is 1. The third-order valence-corrected chi connectivity index (χ3v) is 3.82. The van der Waals surface area contributed by atoms with E-state index in [1.165, 1.54) is 4.88 Å². The van der Waals surface area contributed by atoms with Crippen molar-refractivity contribution in [2.45, 2.75) is 39.8 Å². The molecule has 2 N–H and O–H groups in total. The normalized spacial score (nSPS) is 17.4. The molecule has 0 fully saturated rings. The zero-order valence-corrected chi connectivity index (χ0v) is 10.6. The van der Waals surface area contributed by atoms with Gasteiger partial charge in [-0.05, 0) is 26.7 Å². The van der Waals surface area contributed by atoms with Crippen LogP contribution in [0, 0.1) is 12.8 Å². The average Bonchev–Trinajstić information content (AvgIpc) is 2.63. The van der Waals surface area contributed by atoms with E-state index in [0.29, 0.717) is 12.1 Å². The maximum atomic E-state index is 9.04. The van der Waals surface area contributed by atoms with Crippen molar-refractivity contribution in [2.24, 2.45) is 5.92 Å². The Kier molecular flexibility index (Phi) is 4.70. The van der Waals surface area contributed by atoms with Crippen LogP contribution in [0.2, 0.25) is 0 Å². The zero-order valence-electron chi connectivity index (χ0n) is 9.82. The highest BCUT2D eigenvalue weighted by Gasteiger charge is 2.15. The molecule has 0 saturated carbocycles. The van der Waals surface area contributed by atoms with Gasteiger partial charge >= 0.3 is 0 Å². The van der Waals surface area contributed by atoms with Crippen molar-refractivity contribution in [3.05, 3.63) is 16.1 Å². The lowest BCUT2D eigenvalue weighted by atomic mass is 10.0. The second kappa shape index (κ2) is 5.58. The molecule has 1 rings (SSSR count). The molecule has 86 valence electrons. The topological polar surface area (TPSA) is 45.2 Å². The number of aryl methyl sites for hydroxylation is 1. The van der Waals surface area contributed by atoms with Crippen LogP contribution in [0.25, 0.3) is 0 Å². The van der Waals surface area contributed by atoms with Crippen LogP contribution in [-0.4, -0.2) is 22.7 Å². The van der Waals surface area contributed by atoms with Gasteiger partial charge in [0, 0.05) is 29.8 Å². The quantitative estimate of drug-likeness (QED) is 0.811. The van der Waals surface area contributed by atoms with Crippen LogP contribution in [0.5, 0.6) is 0 Å². The first-order chi connectivity index (χ1) is 7.04. The maximum absolute atomic E-state index is 9.04. The average molecular weight is 228 g/mol. The minimum absolute atomic E-state index is 0.225. The fourth-order valence-corrected chi connectivity index (χ4v) is 2.17. The Morgan fingerprint density at radius 3 is 2.60 bits per heavy atom. The Labute approximate surface area is 95.6 Å². The molecule has 1 aromatic heterocycles. The summed E-state index contributed by atoms with van der Waals surface area (Å²) in [6, 6.07) is 0.618. The molecule has 0 aromatic carbocycles. The number of hydrogen-bond donors (Lipinski definition) is 2. The van der Waals surface area contributed by atoms with Crippen LogP contribution in [-0.2, 0) is 0 Å². The minimum atomic E-state index is 0.225. The lowest BCUT2D eigenvalue weighted by molar-refractivity contribution is 0.202. The summed E-state index contributed by atoms with van der Waals surface area (Å²) in [6.07, 6.45) is 1.92. The number of nitrogens with zero attached hydrogens (tertiary/aromatic N) is 1. The second-order valence-corrected chi connectivity index (χ2v) is 5.38. The van der Waals surface area contributed by atoms with Gasteiger partial charge in [0.2, 0.25) is 0 Å². The molecule has 0 saturated heterocycles. The molecule has 1 heterocycles. The second-order valence-electron chi connectivity index (χ2n) is 4.12. The Bertz CT molecular complexity index is 301. The summed E-state index contributed by atoms with van der Waals surface area (Å²) in [5, 5.41) is 13.6. The zero-order chi connectivity index (χ0) is 11.4. The van der Waals surface area contributed by atoms with Gasteiger partial charge in [-0.1, -0.05) is 6.92 Å². The maximum Gasteiger partial charge on any atom is 0.0897 e. The lowest BCUT2D eigenvalue weighted by Crippen LogP contribution is -2.35. The molecule has 3 unspecified atom stereocenters. The van der Waals surface area contributed by atoms with Crippen LogP contribution in [0.1, 0.15) is 36.7 Å². The van der Waals surface area contributed by atoms with Crippen molar-refractivity contribution in [3.8, 4) is 0 Å². The van der Waals surface area contributed by atoms with Crippen molar-refractivity contribution in [3.63, 3.8) is 0 Å². The van der Waals surface area contributed by atoms with Crippen LogP contribution in [0.3, 0.4) is 0 Å². The fourth-order valence-electron chi connectivity index (χ4n) is 1.38. The first kappa shape index (κ1) is 12.6. The molecular weight excluding hydrogens is 208 g/mol. The largest absolute Gasteiger partial charge is 0.396 e. The van der Waals surface area contributed by atoms with Crippen molar-refractivity contribution < 1.29 is 5.11 Å². The highest BCUT2D eigenvalue weighted by Crippen LogP contribution is 2.21. The van der Waals surface area contributed by atoms with Crippen LogP contribution in [0.15, 0.2) is 6.20 Å². The molecule has 0 aliphatic carbocycles. The number of hydrogen-bond acceptors (Lipinski definition) is 4. The van der Waals surface area contributed by atoms with Gasteiger partial charge < -0.3 is 10.4 Å². The van der Waals surface area contributed by atoms with E-state index >= 15 is 0 Å². The minimum Gasteiger partial charge on any atom is -0.396 e. The SMILES string of the molecule is Cc1ncc(C(C)NC(C)C(C)CO)s1. The first-order valence-corrected chi connectivity index (χ1v) is 6.15. The van der Waals surface area contributed by atoms with Gasteiger partial charge in [-0.25, -0.2) is 4.98 Å². The molecule has 3 atom stereocenters. The molecule has 4 heteroatoms. The highest BCUT2D eigenvalue weighted by molar-refractivity contribution is 7.11. The van der Waals surface area contributed by atoms with Crippen molar-refractivity contribution in [1.29, 1.82) is 0 Å². The number of nitrogens with one attached hydrogen (secondary N) is 1. The van der Waals surface area contributed by atoms with Crippen molar-refractivity contribution in [1.82, 2.24) is 10.3 Å². The van der Waals surface area contributed by atoms with Gasteiger partial charge in [0.25, 0.3) is 0 Å². The van der Waals surface area contributed by atoms with E-state index in [2.05, 4.69) is 24.1 Å². The number of aliphatic hydroxyl groups is 1. The Hall–Kier alpha value is -0.450. The van der Waals surface area contributed by atoms with Gasteiger partial charge in [-0.15, -0.1) is 11.3 Å². The Morgan fingerprint density at radius 1 is 1.47 bits per heavy atom. The summed E-state index contributed by atoms with van der Waals surface area (Å²) in [4.78, 5) is 5.49. The molecule has 15 heavy (non-hydrogen) atoms. The first-order valence-electron chi connectivity index (χ1n) is 5.33. The molecule has 0 amide bonds. The lowest BCUT2D eigenvalue weighted by Gasteiger charge is -2.23. The van der Waals surface area contributed by atoms with E-state index in [9.17, 15) is 0 Å². The van der Waals surface area contributed by atoms with Crippen molar-refractivity contribution >= 4 is 11.3 Å². The Balaban J connectivity index is 2.52. The van der Waals surface area contributed by atoms with Gasteiger partial charge in [-0.2, -0.15) is 0 Å². The van der Waals surface area contributed by atoms with Crippen LogP contribution >= 0.6 is 11.3 Å². The summed E-state index contributed by atoms with van der Waals surface area (Å²) in [5.74, 6) is 0.279. The molecule has 0 spiro atoms. The molecule has 0 bridgehead atoms. The predicted octanol–water partition coefficient (Wildman–Crippen LogP) is 2.12. The highest BCUT2D eigenvalue weighted by atomic mass is 32.1. The Morgan fingerprint density at radius 2 is 2.13 bits per heavy atom. The molecule has 0 radical (unpaired) electrons. The summed E-state index contributed by atoms with van der Waals surface area (Å²) in [5.41, 5.74) is 0. The monoisotopic (exact) mass is 228 g/mol. The van der Waals surface area contributed by atoms with Gasteiger partial charge in [-0.3, -0.25) is 0 Å². The number of aromatic nitrogens is 1. The smallest absolute Gasteiger partial charge is 0.0897 e. The third-order valence-electron chi connectivity index (χ3n) is 2.72. The van der Waals surface area contributed by atoms with Gasteiger partial charge in [0.05, 0.1) is 5.01 Å². The molecule has 0 aliphatic heterocycles. The van der Waals surface area contributed by atoms with E-state index in [-0.39, 0.29) is 12.5 Å². The van der Waals surface area contributed by atoms with E-state index in [1.807, 2.05) is 20.0 Å². The summed E-state index contributed by atoms with van der Waals surface area (Å²) < 4.78 is 0. The van der Waals surface area contributed by atoms with Crippen LogP contribution < -0.4 is 5.32 Å². The van der Waals surface area contributed by atoms with Gasteiger partial charge in [0.1, 0.15) is 0 Å². The molecule has 0 aliphatic rings. The van der Waals surface area contributed by atoms with E-state index in [4.69, 9.17) is 5.11 Å². The standard InChI is InChI=1S/C11H20N2OS/c1-7(6-14)8(2)13-9(3)11-5-12-10(4)15-11/h5,7-9,13-14H,6H2,1-4H3. The fraction of sp³-hybridized carbons (Fsp3) is 0.727. The van der Waals surface area contributed by atoms with Gasteiger partial charge in [0.15, 0.2) is 0 Å². The summed E-state index contributed by atoms with van der Waals surface area (Å²) >= 11 is 1.72. The summed E-state index contributed by atoms with van der Waals surface area (Å²) in [6.45, 7) is 8.52. The molecule has 3 nitrogen and oxygen atoms in total. The number of aliphatic hydroxyl groups excluding tert-OH is 1. The van der Waals surface area contributed by atoms with E-state index in [0.717, 1.165) is 5.01 Å². The number of rotatable bonds is 5. The van der Waals surface area contributed by atoms with Crippen LogP contribution in [0.4, 0.5) is 0 Å². The molecular formula is C11H20N2OS. The predicted molar refractivity (Wildman–Crippen MR) is 64.1 cm³/mol. The van der Waals surface area contributed by atoms with E-state index in [1.54, 1.807) is 11.3 Å².